The number of rotatable bonds is 3. The highest BCUT2D eigenvalue weighted by atomic mass is 19.1. The van der Waals surface area contributed by atoms with Crippen molar-refractivity contribution in [2.45, 2.75) is 18.9 Å². The van der Waals surface area contributed by atoms with Gasteiger partial charge in [0, 0.05) is 48.4 Å². The average molecular weight is 418 g/mol. The number of ether oxygens (including phenoxy) is 1. The van der Waals surface area contributed by atoms with Gasteiger partial charge in [-0.1, -0.05) is 12.1 Å². The van der Waals surface area contributed by atoms with Crippen molar-refractivity contribution >= 4 is 5.91 Å². The van der Waals surface area contributed by atoms with Crippen LogP contribution in [0.5, 0.6) is 5.75 Å². The van der Waals surface area contributed by atoms with Crippen LogP contribution in [0, 0.1) is 11.7 Å². The fourth-order valence-electron chi connectivity index (χ4n) is 4.97. The molecule has 5 nitrogen and oxygen atoms in total. The maximum Gasteiger partial charge on any atom is 0.253 e. The lowest BCUT2D eigenvalue weighted by Gasteiger charge is -2.43. The van der Waals surface area contributed by atoms with Crippen molar-refractivity contribution < 1.29 is 13.9 Å². The smallest absolute Gasteiger partial charge is 0.253 e. The lowest BCUT2D eigenvalue weighted by Crippen LogP contribution is -2.49. The lowest BCUT2D eigenvalue weighted by atomic mass is 9.80. The number of amides is 1. The minimum atomic E-state index is -0.357. The Morgan fingerprint density at radius 2 is 1.71 bits per heavy atom. The molecule has 2 aromatic carbocycles. The summed E-state index contributed by atoms with van der Waals surface area (Å²) in [6, 6.07) is 17.0. The number of likely N-dealkylation sites (tertiary alicyclic amines) is 1. The molecule has 2 aliphatic heterocycles. The van der Waals surface area contributed by atoms with Crippen molar-refractivity contribution in [3.63, 3.8) is 0 Å². The topological polar surface area (TPSA) is 51.5 Å². The quantitative estimate of drug-likeness (QED) is 0.648. The molecular weight excluding hydrogens is 395 g/mol. The SMILES string of the molecule is COc1ccc(-c2ccc(=O)n3c2[C@@H]2C[C@@H](CN(C(=O)c4ccc(F)cc4)C2)C3)cc1. The first-order valence-electron chi connectivity index (χ1n) is 10.5. The molecule has 0 radical (unpaired) electrons. The molecule has 31 heavy (non-hydrogen) atoms. The Labute approximate surface area is 179 Å². The minimum Gasteiger partial charge on any atom is -0.497 e. The lowest BCUT2D eigenvalue weighted by molar-refractivity contribution is 0.0595. The third-order valence-corrected chi connectivity index (χ3v) is 6.37. The van der Waals surface area contributed by atoms with E-state index in [4.69, 9.17) is 4.74 Å². The van der Waals surface area contributed by atoms with Gasteiger partial charge in [0.05, 0.1) is 7.11 Å². The number of halogens is 1. The van der Waals surface area contributed by atoms with Crippen molar-refractivity contribution in [3.8, 4) is 16.9 Å². The third-order valence-electron chi connectivity index (χ3n) is 6.37. The molecule has 158 valence electrons. The molecule has 5 rings (SSSR count). The van der Waals surface area contributed by atoms with Gasteiger partial charge in [-0.05, 0) is 60.4 Å². The first-order chi connectivity index (χ1) is 15.0. The summed E-state index contributed by atoms with van der Waals surface area (Å²) in [7, 11) is 1.63. The Hall–Kier alpha value is -3.41. The molecule has 2 aliphatic rings. The monoisotopic (exact) mass is 418 g/mol. The zero-order valence-electron chi connectivity index (χ0n) is 17.3. The van der Waals surface area contributed by atoms with Gasteiger partial charge < -0.3 is 14.2 Å². The molecule has 1 amide bonds. The second-order valence-electron chi connectivity index (χ2n) is 8.33. The van der Waals surface area contributed by atoms with Crippen LogP contribution in [0.2, 0.25) is 0 Å². The van der Waals surface area contributed by atoms with Crippen LogP contribution in [0.1, 0.15) is 28.4 Å². The van der Waals surface area contributed by atoms with E-state index in [1.54, 1.807) is 13.2 Å². The highest BCUT2D eigenvalue weighted by Crippen LogP contribution is 2.40. The Kier molecular flexibility index (Phi) is 4.85. The second-order valence-corrected chi connectivity index (χ2v) is 8.33. The molecular formula is C25H23FN2O3. The average Bonchev–Trinajstić information content (AvgIpc) is 2.80. The van der Waals surface area contributed by atoms with E-state index in [0.29, 0.717) is 25.2 Å². The third kappa shape index (κ3) is 3.52. The zero-order valence-corrected chi connectivity index (χ0v) is 17.3. The van der Waals surface area contributed by atoms with Crippen LogP contribution in [-0.4, -0.2) is 35.6 Å². The van der Waals surface area contributed by atoms with Crippen LogP contribution < -0.4 is 10.3 Å². The summed E-state index contributed by atoms with van der Waals surface area (Å²) in [5.41, 5.74) is 3.51. The Morgan fingerprint density at radius 1 is 0.968 bits per heavy atom. The van der Waals surface area contributed by atoms with Gasteiger partial charge in [0.2, 0.25) is 0 Å². The largest absolute Gasteiger partial charge is 0.497 e. The number of benzene rings is 2. The molecule has 6 heteroatoms. The Bertz CT molecular complexity index is 1180. The maximum atomic E-state index is 13.3. The number of nitrogens with zero attached hydrogens (tertiary/aromatic N) is 2. The van der Waals surface area contributed by atoms with Crippen LogP contribution in [0.25, 0.3) is 11.1 Å². The first kappa shape index (κ1) is 19.5. The van der Waals surface area contributed by atoms with Gasteiger partial charge in [-0.3, -0.25) is 9.59 Å². The number of carbonyl (C=O) groups is 1. The summed E-state index contributed by atoms with van der Waals surface area (Å²) in [5.74, 6) is 0.624. The molecule has 0 spiro atoms. The Morgan fingerprint density at radius 3 is 2.42 bits per heavy atom. The van der Waals surface area contributed by atoms with Crippen LogP contribution in [0.15, 0.2) is 65.5 Å². The molecule has 0 aliphatic carbocycles. The van der Waals surface area contributed by atoms with E-state index in [1.807, 2.05) is 39.8 Å². The van der Waals surface area contributed by atoms with Gasteiger partial charge in [-0.25, -0.2) is 4.39 Å². The number of aromatic nitrogens is 1. The number of hydrogen-bond donors (Lipinski definition) is 0. The van der Waals surface area contributed by atoms with Gasteiger partial charge >= 0.3 is 0 Å². The molecule has 1 fully saturated rings. The molecule has 1 saturated heterocycles. The maximum absolute atomic E-state index is 13.3. The number of methoxy groups -OCH3 is 1. The van der Waals surface area contributed by atoms with E-state index >= 15 is 0 Å². The van der Waals surface area contributed by atoms with Crippen molar-refractivity contribution in [2.24, 2.45) is 5.92 Å². The van der Waals surface area contributed by atoms with Gasteiger partial charge in [0.25, 0.3) is 11.5 Å². The highest BCUT2D eigenvalue weighted by molar-refractivity contribution is 5.94. The van der Waals surface area contributed by atoms with E-state index in [2.05, 4.69) is 0 Å². The number of hydrogen-bond acceptors (Lipinski definition) is 3. The second kappa shape index (κ2) is 7.69. The van der Waals surface area contributed by atoms with Crippen molar-refractivity contribution in [3.05, 3.63) is 88.1 Å². The molecule has 2 bridgehead atoms. The summed E-state index contributed by atoms with van der Waals surface area (Å²) >= 11 is 0. The van der Waals surface area contributed by atoms with Crippen LogP contribution in [0.4, 0.5) is 4.39 Å². The van der Waals surface area contributed by atoms with Crippen LogP contribution in [-0.2, 0) is 6.54 Å². The van der Waals surface area contributed by atoms with E-state index in [1.165, 1.54) is 24.3 Å². The summed E-state index contributed by atoms with van der Waals surface area (Å²) in [6.45, 7) is 1.74. The van der Waals surface area contributed by atoms with Gasteiger partial charge in [-0.15, -0.1) is 0 Å². The predicted molar refractivity (Wildman–Crippen MR) is 116 cm³/mol. The molecule has 1 aromatic heterocycles. The molecule has 3 heterocycles. The van der Waals surface area contributed by atoms with Crippen molar-refractivity contribution in [1.29, 1.82) is 0 Å². The predicted octanol–water partition coefficient (Wildman–Crippen LogP) is 3.92. The molecule has 3 aromatic rings. The molecule has 0 unspecified atom stereocenters. The zero-order chi connectivity index (χ0) is 21.5. The van der Waals surface area contributed by atoms with Gasteiger partial charge in [0.1, 0.15) is 11.6 Å². The highest BCUT2D eigenvalue weighted by Gasteiger charge is 2.38. The van der Waals surface area contributed by atoms with Gasteiger partial charge in [-0.2, -0.15) is 0 Å². The number of piperidine rings is 1. The summed E-state index contributed by atoms with van der Waals surface area (Å²) < 4.78 is 20.4. The van der Waals surface area contributed by atoms with E-state index in [-0.39, 0.29) is 29.1 Å². The molecule has 2 atom stereocenters. The summed E-state index contributed by atoms with van der Waals surface area (Å²) in [5, 5.41) is 0. The minimum absolute atomic E-state index is 0.000253. The molecule has 0 saturated carbocycles. The first-order valence-corrected chi connectivity index (χ1v) is 10.5. The van der Waals surface area contributed by atoms with E-state index in [9.17, 15) is 14.0 Å². The number of pyridine rings is 1. The fraction of sp³-hybridized carbons (Fsp3) is 0.280. The standard InChI is InChI=1S/C25H23FN2O3/c1-31-21-8-4-17(5-9-21)22-10-11-23(29)28-14-16-12-19(24(22)28)15-27(13-16)25(30)18-2-6-20(26)7-3-18/h2-11,16,19H,12-15H2,1H3/t16-,19+/m0/s1. The van der Waals surface area contributed by atoms with E-state index < -0.39 is 0 Å². The summed E-state index contributed by atoms with van der Waals surface area (Å²) in [6.07, 6.45) is 0.944. The van der Waals surface area contributed by atoms with Gasteiger partial charge in [0.15, 0.2) is 0 Å². The molecule has 0 N–H and O–H groups in total. The normalized spacial score (nSPS) is 19.6. The number of fused-ring (bicyclic) bond motifs is 4. The fourth-order valence-corrected chi connectivity index (χ4v) is 4.97. The van der Waals surface area contributed by atoms with E-state index in [0.717, 1.165) is 29.0 Å². The van der Waals surface area contributed by atoms with Crippen LogP contribution in [0.3, 0.4) is 0 Å². The Balaban J connectivity index is 1.51. The number of carbonyl (C=O) groups excluding carboxylic acids is 1. The van der Waals surface area contributed by atoms with Crippen LogP contribution >= 0.6 is 0 Å². The summed E-state index contributed by atoms with van der Waals surface area (Å²) in [4.78, 5) is 27.6. The van der Waals surface area contributed by atoms with Crippen molar-refractivity contribution in [1.82, 2.24) is 9.47 Å². The van der Waals surface area contributed by atoms with Crippen molar-refractivity contribution in [2.75, 3.05) is 20.2 Å².